The van der Waals surface area contributed by atoms with Gasteiger partial charge in [0.15, 0.2) is 0 Å². The minimum absolute atomic E-state index is 0.657. The van der Waals surface area contributed by atoms with E-state index < -0.39 is 11.4 Å². The van der Waals surface area contributed by atoms with Gasteiger partial charge in [-0.2, -0.15) is 5.10 Å². The second kappa shape index (κ2) is 2.83. The molecular formula is C10H14N2O2. The van der Waals surface area contributed by atoms with Crippen molar-refractivity contribution >= 4 is 5.97 Å². The summed E-state index contributed by atoms with van der Waals surface area (Å²) in [4.78, 5) is 11.3. The lowest BCUT2D eigenvalue weighted by molar-refractivity contribution is -0.147. The quantitative estimate of drug-likeness (QED) is 0.770. The molecule has 2 rings (SSSR count). The maximum absolute atomic E-state index is 11.3. The molecule has 4 nitrogen and oxygen atoms in total. The first-order valence-electron chi connectivity index (χ1n) is 4.80. The van der Waals surface area contributed by atoms with E-state index >= 15 is 0 Å². The second-order valence-electron chi connectivity index (χ2n) is 4.04. The van der Waals surface area contributed by atoms with Crippen molar-refractivity contribution in [3.8, 4) is 0 Å². The smallest absolute Gasteiger partial charge is 0.315 e. The minimum atomic E-state index is -0.713. The molecule has 4 heteroatoms. The van der Waals surface area contributed by atoms with Crippen LogP contribution in [0.25, 0.3) is 0 Å². The van der Waals surface area contributed by atoms with Gasteiger partial charge in [0, 0.05) is 7.05 Å². The van der Waals surface area contributed by atoms with Crippen LogP contribution in [0.1, 0.15) is 30.5 Å². The van der Waals surface area contributed by atoms with Gasteiger partial charge in [-0.15, -0.1) is 0 Å². The third-order valence-corrected chi connectivity index (χ3v) is 3.19. The number of carbonyl (C=O) groups is 1. The predicted molar refractivity (Wildman–Crippen MR) is 51.1 cm³/mol. The van der Waals surface area contributed by atoms with Crippen LogP contribution in [-0.4, -0.2) is 20.9 Å². The van der Waals surface area contributed by atoms with E-state index in [2.05, 4.69) is 5.10 Å². The summed E-state index contributed by atoms with van der Waals surface area (Å²) in [5.74, 6) is -0.713. The van der Waals surface area contributed by atoms with Crippen LogP contribution < -0.4 is 0 Å². The molecule has 1 saturated carbocycles. The van der Waals surface area contributed by atoms with Crippen LogP contribution in [0.5, 0.6) is 0 Å². The Morgan fingerprint density at radius 1 is 1.64 bits per heavy atom. The first-order chi connectivity index (χ1) is 6.58. The average Bonchev–Trinajstić information content (AvgIpc) is 2.33. The van der Waals surface area contributed by atoms with Gasteiger partial charge in [-0.25, -0.2) is 0 Å². The Hall–Kier alpha value is -1.32. The summed E-state index contributed by atoms with van der Waals surface area (Å²) in [6.45, 7) is 1.92. The largest absolute Gasteiger partial charge is 0.481 e. The zero-order chi connectivity index (χ0) is 10.3. The zero-order valence-corrected chi connectivity index (χ0v) is 8.45. The highest BCUT2D eigenvalue weighted by Gasteiger charge is 2.48. The number of rotatable bonds is 2. The molecule has 1 heterocycles. The molecule has 14 heavy (non-hydrogen) atoms. The standard InChI is InChI=1S/C10H14N2O2/c1-7-6-11-12(2)8(7)10(9(13)14)4-3-5-10/h6H,3-5H2,1-2H3,(H,13,14). The number of nitrogens with zero attached hydrogens (tertiary/aromatic N) is 2. The molecule has 0 amide bonds. The van der Waals surface area contributed by atoms with Gasteiger partial charge in [-0.3, -0.25) is 9.48 Å². The minimum Gasteiger partial charge on any atom is -0.481 e. The number of hydrogen-bond donors (Lipinski definition) is 1. The van der Waals surface area contributed by atoms with Crippen LogP contribution in [-0.2, 0) is 17.3 Å². The molecule has 0 aromatic carbocycles. The van der Waals surface area contributed by atoms with E-state index in [0.717, 1.165) is 30.5 Å². The molecule has 0 atom stereocenters. The monoisotopic (exact) mass is 194 g/mol. The van der Waals surface area contributed by atoms with Gasteiger partial charge in [-0.05, 0) is 25.3 Å². The van der Waals surface area contributed by atoms with Gasteiger partial charge in [0.05, 0.1) is 11.9 Å². The highest BCUT2D eigenvalue weighted by Crippen LogP contribution is 2.44. The Morgan fingerprint density at radius 3 is 2.57 bits per heavy atom. The molecule has 1 aromatic rings. The molecule has 1 N–H and O–H groups in total. The summed E-state index contributed by atoms with van der Waals surface area (Å²) in [5, 5.41) is 13.4. The Bertz CT molecular complexity index is 358. The first kappa shape index (κ1) is 9.24. The molecule has 1 fully saturated rings. The third-order valence-electron chi connectivity index (χ3n) is 3.19. The highest BCUT2D eigenvalue weighted by molar-refractivity contribution is 5.82. The lowest BCUT2D eigenvalue weighted by Crippen LogP contribution is -2.44. The fourth-order valence-corrected chi connectivity index (χ4v) is 2.32. The van der Waals surface area contributed by atoms with E-state index in [1.807, 2.05) is 14.0 Å². The average molecular weight is 194 g/mol. The molecule has 0 radical (unpaired) electrons. The van der Waals surface area contributed by atoms with Gasteiger partial charge in [-0.1, -0.05) is 6.42 Å². The lowest BCUT2D eigenvalue weighted by atomic mass is 9.66. The molecule has 0 saturated heterocycles. The van der Waals surface area contributed by atoms with E-state index in [0.29, 0.717) is 0 Å². The SMILES string of the molecule is Cc1cnn(C)c1C1(C(=O)O)CCC1. The third kappa shape index (κ3) is 0.997. The molecular weight excluding hydrogens is 180 g/mol. The van der Waals surface area contributed by atoms with Crippen molar-refractivity contribution in [1.82, 2.24) is 9.78 Å². The number of hydrogen-bond acceptors (Lipinski definition) is 2. The first-order valence-corrected chi connectivity index (χ1v) is 4.80. The molecule has 0 spiro atoms. The van der Waals surface area contributed by atoms with Crippen molar-refractivity contribution in [3.05, 3.63) is 17.5 Å². The number of aryl methyl sites for hydroxylation is 2. The van der Waals surface area contributed by atoms with Crippen molar-refractivity contribution in [1.29, 1.82) is 0 Å². The number of carboxylic acid groups (broad SMARTS) is 1. The van der Waals surface area contributed by atoms with E-state index in [1.54, 1.807) is 10.9 Å². The fourth-order valence-electron chi connectivity index (χ4n) is 2.32. The van der Waals surface area contributed by atoms with E-state index in [1.165, 1.54) is 0 Å². The molecule has 0 aliphatic heterocycles. The predicted octanol–water partition coefficient (Wildman–Crippen LogP) is 1.23. The maximum atomic E-state index is 11.3. The Balaban J connectivity index is 2.51. The molecule has 1 aromatic heterocycles. The maximum Gasteiger partial charge on any atom is 0.315 e. The van der Waals surface area contributed by atoms with Crippen molar-refractivity contribution in [2.45, 2.75) is 31.6 Å². The second-order valence-corrected chi connectivity index (χ2v) is 4.04. The fraction of sp³-hybridized carbons (Fsp3) is 0.600. The highest BCUT2D eigenvalue weighted by atomic mass is 16.4. The summed E-state index contributed by atoms with van der Waals surface area (Å²) in [5.41, 5.74) is 1.20. The van der Waals surface area contributed by atoms with Gasteiger partial charge in [0.1, 0.15) is 5.41 Å². The zero-order valence-electron chi connectivity index (χ0n) is 8.45. The van der Waals surface area contributed by atoms with Gasteiger partial charge >= 0.3 is 5.97 Å². The molecule has 1 aliphatic rings. The summed E-state index contributed by atoms with van der Waals surface area (Å²) in [6.07, 6.45) is 4.21. The van der Waals surface area contributed by atoms with Gasteiger partial charge < -0.3 is 5.11 Å². The summed E-state index contributed by atoms with van der Waals surface area (Å²) in [6, 6.07) is 0. The number of aromatic nitrogens is 2. The Kier molecular flexibility index (Phi) is 1.87. The van der Waals surface area contributed by atoms with Crippen LogP contribution in [0.4, 0.5) is 0 Å². The van der Waals surface area contributed by atoms with E-state index in [9.17, 15) is 9.90 Å². The lowest BCUT2D eigenvalue weighted by Gasteiger charge is -2.38. The topological polar surface area (TPSA) is 55.1 Å². The van der Waals surface area contributed by atoms with Gasteiger partial charge in [0.2, 0.25) is 0 Å². The van der Waals surface area contributed by atoms with Crippen molar-refractivity contribution < 1.29 is 9.90 Å². The van der Waals surface area contributed by atoms with E-state index in [-0.39, 0.29) is 0 Å². The Labute approximate surface area is 82.5 Å². The van der Waals surface area contributed by atoms with Crippen LogP contribution in [0.2, 0.25) is 0 Å². The number of aliphatic carboxylic acids is 1. The molecule has 76 valence electrons. The molecule has 0 bridgehead atoms. The summed E-state index contributed by atoms with van der Waals surface area (Å²) in [7, 11) is 1.81. The summed E-state index contributed by atoms with van der Waals surface area (Å²) < 4.78 is 1.70. The van der Waals surface area contributed by atoms with Crippen molar-refractivity contribution in [2.24, 2.45) is 7.05 Å². The van der Waals surface area contributed by atoms with Crippen molar-refractivity contribution in [3.63, 3.8) is 0 Å². The Morgan fingerprint density at radius 2 is 2.29 bits per heavy atom. The van der Waals surface area contributed by atoms with Crippen LogP contribution in [0, 0.1) is 6.92 Å². The summed E-state index contributed by atoms with van der Waals surface area (Å²) >= 11 is 0. The number of carboxylic acids is 1. The molecule has 0 unspecified atom stereocenters. The normalized spacial score (nSPS) is 19.0. The van der Waals surface area contributed by atoms with E-state index in [4.69, 9.17) is 0 Å². The van der Waals surface area contributed by atoms with Gasteiger partial charge in [0.25, 0.3) is 0 Å². The van der Waals surface area contributed by atoms with Crippen LogP contribution >= 0.6 is 0 Å². The van der Waals surface area contributed by atoms with Crippen LogP contribution in [0.15, 0.2) is 6.20 Å². The molecule has 1 aliphatic carbocycles. The van der Waals surface area contributed by atoms with Crippen molar-refractivity contribution in [2.75, 3.05) is 0 Å². The van der Waals surface area contributed by atoms with Crippen LogP contribution in [0.3, 0.4) is 0 Å².